The Kier molecular flexibility index (Phi) is 3.26. The van der Waals surface area contributed by atoms with Gasteiger partial charge in [0.1, 0.15) is 17.2 Å². The smallest absolute Gasteiger partial charge is 0.274 e. The lowest BCUT2D eigenvalue weighted by atomic mass is 10.1. The van der Waals surface area contributed by atoms with Gasteiger partial charge in [-0.1, -0.05) is 0 Å². The van der Waals surface area contributed by atoms with Crippen molar-refractivity contribution in [2.75, 3.05) is 0 Å². The summed E-state index contributed by atoms with van der Waals surface area (Å²) in [4.78, 5) is 11.5. The number of carbonyl (C=O) groups is 1. The number of nitriles is 1. The Labute approximate surface area is 125 Å². The van der Waals surface area contributed by atoms with E-state index in [1.165, 1.54) is 0 Å². The van der Waals surface area contributed by atoms with Gasteiger partial charge in [0.25, 0.3) is 5.91 Å². The SMILES string of the molecule is N#Cc1ccc(-c2ccc(/C=C3/NC(=S)NC3=O)o2)cc1. The molecule has 2 heterocycles. The number of furan rings is 1. The molecule has 3 rings (SSSR count). The number of hydrogen-bond donors (Lipinski definition) is 2. The summed E-state index contributed by atoms with van der Waals surface area (Å²) in [5, 5.41) is 14.3. The summed E-state index contributed by atoms with van der Waals surface area (Å²) >= 11 is 4.85. The predicted molar refractivity (Wildman–Crippen MR) is 80.7 cm³/mol. The van der Waals surface area contributed by atoms with Crippen LogP contribution in [0, 0.1) is 11.3 Å². The third kappa shape index (κ3) is 2.68. The number of rotatable bonds is 2. The summed E-state index contributed by atoms with van der Waals surface area (Å²) in [6, 6.07) is 12.7. The van der Waals surface area contributed by atoms with Gasteiger partial charge in [-0.25, -0.2) is 0 Å². The molecule has 1 fully saturated rings. The molecular formula is C15H9N3O2S. The van der Waals surface area contributed by atoms with Crippen LogP contribution in [0.1, 0.15) is 11.3 Å². The van der Waals surface area contributed by atoms with Crippen LogP contribution in [0.2, 0.25) is 0 Å². The largest absolute Gasteiger partial charge is 0.457 e. The molecule has 1 amide bonds. The van der Waals surface area contributed by atoms with Crippen LogP contribution in [0.5, 0.6) is 0 Å². The highest BCUT2D eigenvalue weighted by Crippen LogP contribution is 2.23. The van der Waals surface area contributed by atoms with Crippen LogP contribution in [0.25, 0.3) is 17.4 Å². The fraction of sp³-hybridized carbons (Fsp3) is 0. The number of amides is 1. The molecule has 21 heavy (non-hydrogen) atoms. The molecule has 0 bridgehead atoms. The van der Waals surface area contributed by atoms with Crippen molar-refractivity contribution in [3.63, 3.8) is 0 Å². The third-order valence-corrected chi connectivity index (χ3v) is 3.14. The van der Waals surface area contributed by atoms with E-state index < -0.39 is 0 Å². The Hall–Kier alpha value is -2.91. The maximum atomic E-state index is 11.5. The Morgan fingerprint density at radius 3 is 2.52 bits per heavy atom. The number of nitrogens with one attached hydrogen (secondary N) is 2. The second-order valence-electron chi connectivity index (χ2n) is 4.36. The van der Waals surface area contributed by atoms with E-state index in [9.17, 15) is 4.79 Å². The normalized spacial score (nSPS) is 15.7. The number of carbonyl (C=O) groups excluding carboxylic acids is 1. The monoisotopic (exact) mass is 295 g/mol. The molecule has 6 heteroatoms. The number of nitrogens with zero attached hydrogens (tertiary/aromatic N) is 1. The summed E-state index contributed by atoms with van der Waals surface area (Å²) in [5.41, 5.74) is 1.80. The molecule has 1 aromatic carbocycles. The van der Waals surface area contributed by atoms with E-state index in [-0.39, 0.29) is 11.0 Å². The molecule has 2 N–H and O–H groups in total. The molecule has 0 spiro atoms. The Morgan fingerprint density at radius 1 is 1.14 bits per heavy atom. The van der Waals surface area contributed by atoms with Crippen LogP contribution in [-0.4, -0.2) is 11.0 Å². The zero-order chi connectivity index (χ0) is 14.8. The van der Waals surface area contributed by atoms with Crippen LogP contribution in [0.4, 0.5) is 0 Å². The van der Waals surface area contributed by atoms with Crippen LogP contribution in [-0.2, 0) is 4.79 Å². The highest BCUT2D eigenvalue weighted by molar-refractivity contribution is 7.80. The first-order valence-electron chi connectivity index (χ1n) is 6.10. The van der Waals surface area contributed by atoms with Gasteiger partial charge in [0.2, 0.25) is 0 Å². The van der Waals surface area contributed by atoms with Crippen molar-refractivity contribution in [3.05, 3.63) is 53.4 Å². The average molecular weight is 295 g/mol. The summed E-state index contributed by atoms with van der Waals surface area (Å²) in [6.07, 6.45) is 1.59. The second kappa shape index (κ2) is 5.23. The molecule has 5 nitrogen and oxygen atoms in total. The van der Waals surface area contributed by atoms with Crippen molar-refractivity contribution < 1.29 is 9.21 Å². The molecule has 1 aliphatic heterocycles. The lowest BCUT2D eigenvalue weighted by Gasteiger charge is -1.97. The minimum Gasteiger partial charge on any atom is -0.457 e. The van der Waals surface area contributed by atoms with Gasteiger partial charge in [-0.05, 0) is 48.6 Å². The molecule has 1 aliphatic rings. The van der Waals surface area contributed by atoms with Crippen LogP contribution in [0.3, 0.4) is 0 Å². The van der Waals surface area contributed by atoms with Gasteiger partial charge in [0.15, 0.2) is 5.11 Å². The van der Waals surface area contributed by atoms with Crippen molar-refractivity contribution in [2.45, 2.75) is 0 Å². The fourth-order valence-corrected chi connectivity index (χ4v) is 2.12. The zero-order valence-electron chi connectivity index (χ0n) is 10.7. The highest BCUT2D eigenvalue weighted by Gasteiger charge is 2.20. The molecule has 0 radical (unpaired) electrons. The van der Waals surface area contributed by atoms with Crippen molar-refractivity contribution in [1.82, 2.24) is 10.6 Å². The van der Waals surface area contributed by atoms with Crippen LogP contribution < -0.4 is 10.6 Å². The minimum absolute atomic E-state index is 0.281. The van der Waals surface area contributed by atoms with Gasteiger partial charge < -0.3 is 9.73 Å². The number of benzene rings is 1. The van der Waals surface area contributed by atoms with E-state index in [2.05, 4.69) is 16.7 Å². The first-order valence-corrected chi connectivity index (χ1v) is 6.51. The van der Waals surface area contributed by atoms with E-state index in [1.807, 2.05) is 12.1 Å². The van der Waals surface area contributed by atoms with Gasteiger partial charge in [0.05, 0.1) is 11.6 Å². The standard InChI is InChI=1S/C15H9N3O2S/c16-8-9-1-3-10(4-2-9)13-6-5-11(20-13)7-12-14(19)18-15(21)17-12/h1-7H,(H2,17,18,19,21)/b12-7+. The summed E-state index contributed by atoms with van der Waals surface area (Å²) in [6.45, 7) is 0. The van der Waals surface area contributed by atoms with Crippen molar-refractivity contribution in [1.29, 1.82) is 5.26 Å². The summed E-state index contributed by atoms with van der Waals surface area (Å²) < 4.78 is 5.67. The zero-order valence-corrected chi connectivity index (χ0v) is 11.5. The van der Waals surface area contributed by atoms with Crippen LogP contribution >= 0.6 is 12.2 Å². The third-order valence-electron chi connectivity index (χ3n) is 2.93. The summed E-state index contributed by atoms with van der Waals surface area (Å²) in [7, 11) is 0. The topological polar surface area (TPSA) is 78.1 Å². The van der Waals surface area contributed by atoms with E-state index in [0.29, 0.717) is 22.8 Å². The van der Waals surface area contributed by atoms with Gasteiger partial charge in [0, 0.05) is 11.6 Å². The van der Waals surface area contributed by atoms with E-state index >= 15 is 0 Å². The Balaban J connectivity index is 1.86. The van der Waals surface area contributed by atoms with Crippen LogP contribution in [0.15, 0.2) is 46.5 Å². The Morgan fingerprint density at radius 2 is 1.90 bits per heavy atom. The fourth-order valence-electron chi connectivity index (χ4n) is 1.92. The second-order valence-corrected chi connectivity index (χ2v) is 4.77. The predicted octanol–water partition coefficient (Wildman–Crippen LogP) is 2.16. The highest BCUT2D eigenvalue weighted by atomic mass is 32.1. The first-order chi connectivity index (χ1) is 10.2. The molecule has 102 valence electrons. The molecule has 1 aromatic heterocycles. The van der Waals surface area contributed by atoms with E-state index in [1.54, 1.807) is 30.3 Å². The molecule has 0 saturated carbocycles. The number of hydrogen-bond acceptors (Lipinski definition) is 4. The maximum absolute atomic E-state index is 11.5. The van der Waals surface area contributed by atoms with Gasteiger partial charge in [-0.3, -0.25) is 10.1 Å². The van der Waals surface area contributed by atoms with E-state index in [4.69, 9.17) is 21.9 Å². The molecule has 2 aromatic rings. The molecular weight excluding hydrogens is 286 g/mol. The number of thiocarbonyl (C=S) groups is 1. The van der Waals surface area contributed by atoms with Gasteiger partial charge >= 0.3 is 0 Å². The Bertz CT molecular complexity index is 797. The van der Waals surface area contributed by atoms with Gasteiger partial charge in [-0.2, -0.15) is 5.26 Å². The molecule has 0 atom stereocenters. The van der Waals surface area contributed by atoms with E-state index in [0.717, 1.165) is 5.56 Å². The average Bonchev–Trinajstić information content (AvgIpc) is 3.07. The molecule has 1 saturated heterocycles. The minimum atomic E-state index is -0.281. The van der Waals surface area contributed by atoms with Crippen molar-refractivity contribution in [3.8, 4) is 17.4 Å². The molecule has 0 aliphatic carbocycles. The first kappa shape index (κ1) is 13.1. The quantitative estimate of drug-likeness (QED) is 0.656. The van der Waals surface area contributed by atoms with Crippen molar-refractivity contribution >= 4 is 29.3 Å². The van der Waals surface area contributed by atoms with Crippen molar-refractivity contribution in [2.24, 2.45) is 0 Å². The summed E-state index contributed by atoms with van der Waals surface area (Å²) in [5.74, 6) is 0.917. The molecule has 0 unspecified atom stereocenters. The lowest BCUT2D eigenvalue weighted by Crippen LogP contribution is -2.21. The maximum Gasteiger partial charge on any atom is 0.274 e. The lowest BCUT2D eigenvalue weighted by molar-refractivity contribution is -0.115. The van der Waals surface area contributed by atoms with Gasteiger partial charge in [-0.15, -0.1) is 0 Å².